The minimum absolute atomic E-state index is 0.171. The summed E-state index contributed by atoms with van der Waals surface area (Å²) in [6, 6.07) is 10.0. The Morgan fingerprint density at radius 3 is 2.86 bits per heavy atom. The highest BCUT2D eigenvalue weighted by atomic mass is 16.7. The van der Waals surface area contributed by atoms with Crippen molar-refractivity contribution in [2.45, 2.75) is 12.4 Å². The third kappa shape index (κ3) is 2.12. The monoisotopic (exact) mass is 193 g/mol. The zero-order chi connectivity index (χ0) is 9.80. The largest absolute Gasteiger partial charge is 0.346 e. The van der Waals surface area contributed by atoms with E-state index in [1.54, 1.807) is 0 Å². The lowest BCUT2D eigenvalue weighted by Crippen LogP contribution is -2.25. The van der Waals surface area contributed by atoms with Gasteiger partial charge in [-0.3, -0.25) is 0 Å². The first-order chi connectivity index (χ1) is 6.90. The average molecular weight is 193 g/mol. The lowest BCUT2D eigenvalue weighted by Gasteiger charge is -2.10. The molecule has 2 atom stereocenters. The molecule has 1 N–H and O–H groups in total. The predicted molar refractivity (Wildman–Crippen MR) is 53.9 cm³/mol. The molecule has 0 aromatic heterocycles. The Kier molecular flexibility index (Phi) is 3.14. The minimum atomic E-state index is -0.186. The van der Waals surface area contributed by atoms with E-state index < -0.39 is 0 Å². The van der Waals surface area contributed by atoms with Gasteiger partial charge < -0.3 is 14.8 Å². The summed E-state index contributed by atoms with van der Waals surface area (Å²) in [5.41, 5.74) is 1.09. The van der Waals surface area contributed by atoms with Crippen LogP contribution in [-0.2, 0) is 9.47 Å². The summed E-state index contributed by atoms with van der Waals surface area (Å²) in [6.45, 7) is 1.50. The van der Waals surface area contributed by atoms with E-state index >= 15 is 0 Å². The molecule has 0 radical (unpaired) electrons. The second-order valence-corrected chi connectivity index (χ2v) is 3.39. The van der Waals surface area contributed by atoms with E-state index in [9.17, 15) is 0 Å². The van der Waals surface area contributed by atoms with Crippen LogP contribution in [0.4, 0.5) is 0 Å². The quantitative estimate of drug-likeness (QED) is 0.785. The van der Waals surface area contributed by atoms with Gasteiger partial charge in [-0.2, -0.15) is 0 Å². The van der Waals surface area contributed by atoms with Crippen LogP contribution in [0.25, 0.3) is 0 Å². The van der Waals surface area contributed by atoms with E-state index in [4.69, 9.17) is 9.47 Å². The number of rotatable bonds is 3. The van der Waals surface area contributed by atoms with E-state index in [0.717, 1.165) is 12.1 Å². The Morgan fingerprint density at radius 2 is 2.14 bits per heavy atom. The molecule has 3 nitrogen and oxygen atoms in total. The minimum Gasteiger partial charge on any atom is -0.346 e. The standard InChI is InChI=1S/C11H15NO2/c1-12-7-10-8-13-11(14-10)9-5-3-2-4-6-9/h2-6,10-12H,7-8H2,1H3. The number of ether oxygens (including phenoxy) is 2. The molecule has 2 rings (SSSR count). The van der Waals surface area contributed by atoms with Gasteiger partial charge >= 0.3 is 0 Å². The molecule has 2 unspecified atom stereocenters. The maximum atomic E-state index is 5.70. The van der Waals surface area contributed by atoms with Gasteiger partial charge in [-0.15, -0.1) is 0 Å². The fraction of sp³-hybridized carbons (Fsp3) is 0.455. The Balaban J connectivity index is 1.96. The summed E-state index contributed by atoms with van der Waals surface area (Å²) in [5.74, 6) is 0. The van der Waals surface area contributed by atoms with Gasteiger partial charge in [0.1, 0.15) is 0 Å². The molecule has 14 heavy (non-hydrogen) atoms. The molecule has 0 aliphatic carbocycles. The number of nitrogens with one attached hydrogen (secondary N) is 1. The summed E-state index contributed by atoms with van der Waals surface area (Å²) in [5, 5.41) is 3.08. The third-order valence-electron chi connectivity index (χ3n) is 2.25. The van der Waals surface area contributed by atoms with Crippen molar-refractivity contribution < 1.29 is 9.47 Å². The Morgan fingerprint density at radius 1 is 1.36 bits per heavy atom. The molecule has 0 saturated carbocycles. The molecular formula is C11H15NO2. The van der Waals surface area contributed by atoms with E-state index in [-0.39, 0.29) is 12.4 Å². The summed E-state index contributed by atoms with van der Waals surface area (Å²) in [7, 11) is 1.92. The number of benzene rings is 1. The molecule has 1 aromatic rings. The van der Waals surface area contributed by atoms with Crippen molar-refractivity contribution in [3.63, 3.8) is 0 Å². The van der Waals surface area contributed by atoms with Crippen molar-refractivity contribution in [1.29, 1.82) is 0 Å². The molecule has 0 amide bonds. The van der Waals surface area contributed by atoms with Crippen LogP contribution < -0.4 is 5.32 Å². The molecule has 76 valence electrons. The van der Waals surface area contributed by atoms with Crippen LogP contribution in [0.5, 0.6) is 0 Å². The lowest BCUT2D eigenvalue weighted by atomic mass is 10.2. The fourth-order valence-electron chi connectivity index (χ4n) is 1.57. The van der Waals surface area contributed by atoms with E-state index in [0.29, 0.717) is 6.61 Å². The van der Waals surface area contributed by atoms with Gasteiger partial charge in [0.25, 0.3) is 0 Å². The van der Waals surface area contributed by atoms with Gasteiger partial charge in [0.15, 0.2) is 6.29 Å². The maximum absolute atomic E-state index is 5.70. The van der Waals surface area contributed by atoms with Crippen LogP contribution >= 0.6 is 0 Å². The topological polar surface area (TPSA) is 30.5 Å². The Hall–Kier alpha value is -0.900. The van der Waals surface area contributed by atoms with Crippen LogP contribution in [0.3, 0.4) is 0 Å². The molecule has 1 saturated heterocycles. The molecule has 0 bridgehead atoms. The van der Waals surface area contributed by atoms with E-state index in [1.165, 1.54) is 0 Å². The van der Waals surface area contributed by atoms with Crippen LogP contribution in [-0.4, -0.2) is 26.3 Å². The highest BCUT2D eigenvalue weighted by Gasteiger charge is 2.26. The molecule has 3 heteroatoms. The summed E-state index contributed by atoms with van der Waals surface area (Å²) >= 11 is 0. The first-order valence-corrected chi connectivity index (χ1v) is 4.87. The van der Waals surface area contributed by atoms with Crippen molar-refractivity contribution in [2.24, 2.45) is 0 Å². The highest BCUT2D eigenvalue weighted by molar-refractivity contribution is 5.16. The number of likely N-dealkylation sites (N-methyl/N-ethyl adjacent to an activating group) is 1. The number of hydrogen-bond donors (Lipinski definition) is 1. The fourth-order valence-corrected chi connectivity index (χ4v) is 1.57. The highest BCUT2D eigenvalue weighted by Crippen LogP contribution is 2.25. The molecule has 1 heterocycles. The van der Waals surface area contributed by atoms with Crippen LogP contribution in [0.15, 0.2) is 30.3 Å². The van der Waals surface area contributed by atoms with Gasteiger partial charge in [0.2, 0.25) is 0 Å². The van der Waals surface area contributed by atoms with E-state index in [1.807, 2.05) is 37.4 Å². The molecule has 1 aliphatic rings. The second kappa shape index (κ2) is 4.55. The van der Waals surface area contributed by atoms with Crippen molar-refractivity contribution in [2.75, 3.05) is 20.2 Å². The summed E-state index contributed by atoms with van der Waals surface area (Å²) in [6.07, 6.45) is -0.0141. The van der Waals surface area contributed by atoms with Crippen LogP contribution in [0.2, 0.25) is 0 Å². The normalized spacial score (nSPS) is 26.6. The smallest absolute Gasteiger partial charge is 0.184 e. The zero-order valence-corrected chi connectivity index (χ0v) is 8.27. The Bertz CT molecular complexity index is 276. The molecule has 0 spiro atoms. The third-order valence-corrected chi connectivity index (χ3v) is 2.25. The Labute approximate surface area is 84.0 Å². The average Bonchev–Trinajstić information content (AvgIpc) is 2.68. The van der Waals surface area contributed by atoms with Gasteiger partial charge in [-0.25, -0.2) is 0 Å². The first kappa shape index (κ1) is 9.65. The summed E-state index contributed by atoms with van der Waals surface area (Å²) < 4.78 is 11.2. The van der Waals surface area contributed by atoms with Crippen molar-refractivity contribution in [3.05, 3.63) is 35.9 Å². The SMILES string of the molecule is CNCC1COC(c2ccccc2)O1. The molecule has 1 fully saturated rings. The first-order valence-electron chi connectivity index (χ1n) is 4.87. The molecular weight excluding hydrogens is 178 g/mol. The second-order valence-electron chi connectivity index (χ2n) is 3.39. The lowest BCUT2D eigenvalue weighted by molar-refractivity contribution is -0.0593. The van der Waals surface area contributed by atoms with Gasteiger partial charge in [-0.05, 0) is 7.05 Å². The van der Waals surface area contributed by atoms with Crippen LogP contribution in [0, 0.1) is 0 Å². The molecule has 1 aliphatic heterocycles. The van der Waals surface area contributed by atoms with Crippen molar-refractivity contribution in [1.82, 2.24) is 5.32 Å². The van der Waals surface area contributed by atoms with Gasteiger partial charge in [-0.1, -0.05) is 30.3 Å². The van der Waals surface area contributed by atoms with Crippen molar-refractivity contribution in [3.8, 4) is 0 Å². The zero-order valence-electron chi connectivity index (χ0n) is 8.27. The molecule has 1 aromatic carbocycles. The predicted octanol–water partition coefficient (Wildman–Crippen LogP) is 1.32. The van der Waals surface area contributed by atoms with Crippen LogP contribution in [0.1, 0.15) is 11.9 Å². The summed E-state index contributed by atoms with van der Waals surface area (Å²) in [4.78, 5) is 0. The number of hydrogen-bond acceptors (Lipinski definition) is 3. The maximum Gasteiger partial charge on any atom is 0.184 e. The van der Waals surface area contributed by atoms with Crippen molar-refractivity contribution >= 4 is 0 Å². The van der Waals surface area contributed by atoms with Gasteiger partial charge in [0.05, 0.1) is 12.7 Å². The van der Waals surface area contributed by atoms with E-state index in [2.05, 4.69) is 5.32 Å². The van der Waals surface area contributed by atoms with Gasteiger partial charge in [0, 0.05) is 12.1 Å².